The van der Waals surface area contributed by atoms with Crippen LogP contribution in [0.4, 0.5) is 0 Å². The minimum atomic E-state index is 0.108. The number of rotatable bonds is 2. The first-order valence-electron chi connectivity index (χ1n) is 5.81. The predicted octanol–water partition coefficient (Wildman–Crippen LogP) is 2.89. The average molecular weight is 283 g/mol. The van der Waals surface area contributed by atoms with Crippen molar-refractivity contribution in [3.8, 4) is 0 Å². The minimum absolute atomic E-state index is 0.108. The molecule has 2 rings (SSSR count). The summed E-state index contributed by atoms with van der Waals surface area (Å²) in [7, 11) is 2.18. The zero-order chi connectivity index (χ0) is 11.7. The summed E-state index contributed by atoms with van der Waals surface area (Å²) >= 11 is 3.67. The van der Waals surface area contributed by atoms with Crippen molar-refractivity contribution in [2.24, 2.45) is 5.73 Å². The maximum Gasteiger partial charge on any atom is 0.0266 e. The first-order valence-corrected chi connectivity index (χ1v) is 6.60. The smallest absolute Gasteiger partial charge is 0.0266 e. The molecule has 0 saturated carbocycles. The van der Waals surface area contributed by atoms with Gasteiger partial charge in [0.1, 0.15) is 0 Å². The summed E-state index contributed by atoms with van der Waals surface area (Å²) in [6.07, 6.45) is 1.26. The Morgan fingerprint density at radius 1 is 1.50 bits per heavy atom. The van der Waals surface area contributed by atoms with Crippen LogP contribution in [0.2, 0.25) is 0 Å². The molecule has 2 atom stereocenters. The Balaban J connectivity index is 2.22. The second-order valence-electron chi connectivity index (χ2n) is 4.82. The highest BCUT2D eigenvalue weighted by molar-refractivity contribution is 9.10. The van der Waals surface area contributed by atoms with Crippen molar-refractivity contribution in [1.82, 2.24) is 4.90 Å². The Morgan fingerprint density at radius 2 is 2.25 bits per heavy atom. The monoisotopic (exact) mass is 282 g/mol. The number of benzene rings is 1. The number of likely N-dealkylation sites (N-methyl/N-ethyl adjacent to an activating group) is 1. The molecule has 1 aliphatic heterocycles. The van der Waals surface area contributed by atoms with Gasteiger partial charge in [-0.2, -0.15) is 0 Å². The SMILES string of the molecule is CC(N)c1ccc(C2CCN(C)C2)c(Br)c1. The molecule has 0 spiro atoms. The van der Waals surface area contributed by atoms with Crippen LogP contribution in [0, 0.1) is 0 Å². The number of hydrogen-bond acceptors (Lipinski definition) is 2. The zero-order valence-corrected chi connectivity index (χ0v) is 11.5. The second-order valence-corrected chi connectivity index (χ2v) is 5.67. The summed E-state index contributed by atoms with van der Waals surface area (Å²) in [6, 6.07) is 6.66. The van der Waals surface area contributed by atoms with Crippen LogP contribution in [0.15, 0.2) is 22.7 Å². The van der Waals surface area contributed by atoms with Crippen LogP contribution in [0.1, 0.15) is 36.4 Å². The molecular weight excluding hydrogens is 264 g/mol. The third kappa shape index (κ3) is 2.47. The fourth-order valence-corrected chi connectivity index (χ4v) is 3.07. The van der Waals surface area contributed by atoms with Gasteiger partial charge in [-0.05, 0) is 50.0 Å². The lowest BCUT2D eigenvalue weighted by Gasteiger charge is -2.15. The largest absolute Gasteiger partial charge is 0.324 e. The first kappa shape index (κ1) is 12.1. The summed E-state index contributed by atoms with van der Waals surface area (Å²) in [5, 5.41) is 0. The lowest BCUT2D eigenvalue weighted by Crippen LogP contribution is -2.13. The van der Waals surface area contributed by atoms with Gasteiger partial charge in [-0.25, -0.2) is 0 Å². The predicted molar refractivity (Wildman–Crippen MR) is 71.6 cm³/mol. The van der Waals surface area contributed by atoms with Crippen LogP contribution in [-0.2, 0) is 0 Å². The third-order valence-electron chi connectivity index (χ3n) is 3.38. The van der Waals surface area contributed by atoms with E-state index in [4.69, 9.17) is 5.73 Å². The van der Waals surface area contributed by atoms with Crippen LogP contribution in [0.25, 0.3) is 0 Å². The van der Waals surface area contributed by atoms with Crippen molar-refractivity contribution in [2.45, 2.75) is 25.3 Å². The number of hydrogen-bond donors (Lipinski definition) is 1. The van der Waals surface area contributed by atoms with E-state index < -0.39 is 0 Å². The molecule has 1 saturated heterocycles. The molecule has 1 aromatic carbocycles. The molecule has 1 aromatic rings. The number of likely N-dealkylation sites (tertiary alicyclic amines) is 1. The Labute approximate surface area is 106 Å². The van der Waals surface area contributed by atoms with E-state index in [9.17, 15) is 0 Å². The number of nitrogens with two attached hydrogens (primary N) is 1. The number of halogens is 1. The highest BCUT2D eigenvalue weighted by Gasteiger charge is 2.22. The fourth-order valence-electron chi connectivity index (χ4n) is 2.35. The Bertz CT molecular complexity index is 376. The summed E-state index contributed by atoms with van der Waals surface area (Å²) < 4.78 is 1.21. The molecule has 0 bridgehead atoms. The van der Waals surface area contributed by atoms with Crippen LogP contribution in [0.5, 0.6) is 0 Å². The van der Waals surface area contributed by atoms with Crippen molar-refractivity contribution in [2.75, 3.05) is 20.1 Å². The van der Waals surface area contributed by atoms with Gasteiger partial charge in [0.25, 0.3) is 0 Å². The molecule has 3 heteroatoms. The molecule has 0 aliphatic carbocycles. The van der Waals surface area contributed by atoms with Gasteiger partial charge in [0.05, 0.1) is 0 Å². The normalized spacial score (nSPS) is 23.6. The van der Waals surface area contributed by atoms with Gasteiger partial charge in [0.15, 0.2) is 0 Å². The zero-order valence-electron chi connectivity index (χ0n) is 9.91. The minimum Gasteiger partial charge on any atom is -0.324 e. The highest BCUT2D eigenvalue weighted by Crippen LogP contribution is 2.33. The number of nitrogens with zero attached hydrogens (tertiary/aromatic N) is 1. The third-order valence-corrected chi connectivity index (χ3v) is 4.07. The molecule has 0 amide bonds. The molecule has 88 valence electrons. The van der Waals surface area contributed by atoms with E-state index in [0.717, 1.165) is 6.54 Å². The van der Waals surface area contributed by atoms with Gasteiger partial charge in [0.2, 0.25) is 0 Å². The highest BCUT2D eigenvalue weighted by atomic mass is 79.9. The summed E-state index contributed by atoms with van der Waals surface area (Å²) in [5.41, 5.74) is 8.50. The average Bonchev–Trinajstić information content (AvgIpc) is 2.64. The molecule has 0 radical (unpaired) electrons. The summed E-state index contributed by atoms with van der Waals surface area (Å²) in [5.74, 6) is 0.668. The van der Waals surface area contributed by atoms with Crippen molar-refractivity contribution in [3.63, 3.8) is 0 Å². The molecule has 2 unspecified atom stereocenters. The van der Waals surface area contributed by atoms with Crippen LogP contribution < -0.4 is 5.73 Å². The van der Waals surface area contributed by atoms with E-state index in [1.54, 1.807) is 0 Å². The van der Waals surface area contributed by atoms with Gasteiger partial charge in [-0.15, -0.1) is 0 Å². The van der Waals surface area contributed by atoms with Crippen LogP contribution in [-0.4, -0.2) is 25.0 Å². The maximum absolute atomic E-state index is 5.88. The van der Waals surface area contributed by atoms with Gasteiger partial charge in [-0.1, -0.05) is 28.1 Å². The molecule has 16 heavy (non-hydrogen) atoms. The first-order chi connectivity index (χ1) is 7.58. The molecular formula is C13H19BrN2. The van der Waals surface area contributed by atoms with E-state index >= 15 is 0 Å². The molecule has 0 aromatic heterocycles. The Hall–Kier alpha value is -0.380. The van der Waals surface area contributed by atoms with E-state index in [1.807, 2.05) is 6.92 Å². The molecule has 2 N–H and O–H groups in total. The fraction of sp³-hybridized carbons (Fsp3) is 0.538. The second kappa shape index (κ2) is 4.86. The lowest BCUT2D eigenvalue weighted by atomic mass is 9.96. The Kier molecular flexibility index (Phi) is 3.67. The van der Waals surface area contributed by atoms with Crippen molar-refractivity contribution in [3.05, 3.63) is 33.8 Å². The molecule has 2 nitrogen and oxygen atoms in total. The molecule has 1 heterocycles. The molecule has 1 fully saturated rings. The lowest BCUT2D eigenvalue weighted by molar-refractivity contribution is 0.411. The summed E-state index contributed by atoms with van der Waals surface area (Å²) in [6.45, 7) is 4.38. The standard InChI is InChI=1S/C13H19BrN2/c1-9(15)10-3-4-12(13(14)7-10)11-5-6-16(2)8-11/h3-4,7,9,11H,5-6,8,15H2,1-2H3. The van der Waals surface area contributed by atoms with E-state index in [-0.39, 0.29) is 6.04 Å². The van der Waals surface area contributed by atoms with Crippen LogP contribution >= 0.6 is 15.9 Å². The molecule has 1 aliphatic rings. The topological polar surface area (TPSA) is 29.3 Å². The quantitative estimate of drug-likeness (QED) is 0.904. The van der Waals surface area contributed by atoms with Gasteiger partial charge in [0, 0.05) is 17.1 Å². The van der Waals surface area contributed by atoms with Gasteiger partial charge >= 0.3 is 0 Å². The summed E-state index contributed by atoms with van der Waals surface area (Å²) in [4.78, 5) is 2.39. The van der Waals surface area contributed by atoms with Crippen molar-refractivity contribution in [1.29, 1.82) is 0 Å². The van der Waals surface area contributed by atoms with Crippen LogP contribution in [0.3, 0.4) is 0 Å². The Morgan fingerprint density at radius 3 is 2.75 bits per heavy atom. The maximum atomic E-state index is 5.88. The van der Waals surface area contributed by atoms with E-state index in [0.29, 0.717) is 5.92 Å². The van der Waals surface area contributed by atoms with E-state index in [1.165, 1.54) is 28.6 Å². The van der Waals surface area contributed by atoms with Gasteiger partial charge in [-0.3, -0.25) is 0 Å². The van der Waals surface area contributed by atoms with Crippen molar-refractivity contribution < 1.29 is 0 Å². The van der Waals surface area contributed by atoms with E-state index in [2.05, 4.69) is 46.1 Å². The van der Waals surface area contributed by atoms with Crippen molar-refractivity contribution >= 4 is 15.9 Å². The van der Waals surface area contributed by atoms with Gasteiger partial charge < -0.3 is 10.6 Å².